The molecule has 0 aliphatic rings. The van der Waals surface area contributed by atoms with Crippen LogP contribution in [-0.2, 0) is 7.05 Å². The van der Waals surface area contributed by atoms with Crippen LogP contribution in [0.15, 0.2) is 33.5 Å². The Labute approximate surface area is 113 Å². The quantitative estimate of drug-likeness (QED) is 0.731. The standard InChI is InChI=1S/C13H12N4O3/c1-14-12-4-3-8(15-16-12)7-5-11-9(6-10(7)18)17(2)13(19)20-11/h3-6,18H,1-2H3,(H,14,16). The zero-order valence-electron chi connectivity index (χ0n) is 10.9. The summed E-state index contributed by atoms with van der Waals surface area (Å²) in [5.74, 6) is 0.161. The molecule has 2 N–H and O–H groups in total. The van der Waals surface area contributed by atoms with E-state index < -0.39 is 5.76 Å². The van der Waals surface area contributed by atoms with Crippen LogP contribution in [0.4, 0.5) is 5.82 Å². The number of nitrogens with one attached hydrogen (secondary N) is 1. The minimum atomic E-state index is -0.479. The van der Waals surface area contributed by atoms with Crippen molar-refractivity contribution in [2.24, 2.45) is 7.05 Å². The zero-order valence-corrected chi connectivity index (χ0v) is 10.9. The van der Waals surface area contributed by atoms with Crippen molar-refractivity contribution in [3.63, 3.8) is 0 Å². The van der Waals surface area contributed by atoms with Gasteiger partial charge in [-0.3, -0.25) is 4.57 Å². The molecule has 0 atom stereocenters. The Morgan fingerprint density at radius 2 is 2.10 bits per heavy atom. The molecule has 0 radical (unpaired) electrons. The van der Waals surface area contributed by atoms with E-state index in [1.165, 1.54) is 10.6 Å². The Bertz CT molecular complexity index is 833. The van der Waals surface area contributed by atoms with Crippen molar-refractivity contribution >= 4 is 16.9 Å². The fraction of sp³-hybridized carbons (Fsp3) is 0.154. The smallest absolute Gasteiger partial charge is 0.419 e. The first kappa shape index (κ1) is 12.2. The molecule has 3 aromatic rings. The highest BCUT2D eigenvalue weighted by Gasteiger charge is 2.13. The lowest BCUT2D eigenvalue weighted by Gasteiger charge is -2.04. The minimum absolute atomic E-state index is 0.0143. The Hall–Kier alpha value is -2.83. The lowest BCUT2D eigenvalue weighted by Crippen LogP contribution is -2.08. The maximum atomic E-state index is 11.5. The second-order valence-electron chi connectivity index (χ2n) is 4.32. The molecular weight excluding hydrogens is 260 g/mol. The minimum Gasteiger partial charge on any atom is -0.507 e. The molecule has 0 saturated carbocycles. The maximum absolute atomic E-state index is 11.5. The van der Waals surface area contributed by atoms with Gasteiger partial charge in [-0.2, -0.15) is 0 Å². The Morgan fingerprint density at radius 3 is 2.75 bits per heavy atom. The summed E-state index contributed by atoms with van der Waals surface area (Å²) in [4.78, 5) is 11.5. The summed E-state index contributed by atoms with van der Waals surface area (Å²) < 4.78 is 6.42. The van der Waals surface area contributed by atoms with E-state index in [1.807, 2.05) is 0 Å². The number of phenolic OH excluding ortho intramolecular Hbond substituents is 1. The highest BCUT2D eigenvalue weighted by atomic mass is 16.4. The molecule has 20 heavy (non-hydrogen) atoms. The van der Waals surface area contributed by atoms with E-state index in [-0.39, 0.29) is 5.75 Å². The number of phenols is 1. The Balaban J connectivity index is 2.19. The molecule has 0 spiro atoms. The molecule has 102 valence electrons. The third-order valence-electron chi connectivity index (χ3n) is 3.11. The van der Waals surface area contributed by atoms with Crippen LogP contribution < -0.4 is 11.1 Å². The van der Waals surface area contributed by atoms with E-state index in [4.69, 9.17) is 4.42 Å². The molecule has 0 amide bonds. The van der Waals surface area contributed by atoms with Crippen molar-refractivity contribution in [1.82, 2.24) is 14.8 Å². The van der Waals surface area contributed by atoms with Crippen LogP contribution in [0.2, 0.25) is 0 Å². The van der Waals surface area contributed by atoms with Gasteiger partial charge < -0.3 is 14.8 Å². The predicted octanol–water partition coefficient (Wildman–Crippen LogP) is 1.34. The summed E-state index contributed by atoms with van der Waals surface area (Å²) in [7, 11) is 3.32. The molecule has 2 heterocycles. The molecule has 7 nitrogen and oxygen atoms in total. The first-order chi connectivity index (χ1) is 9.60. The van der Waals surface area contributed by atoms with Gasteiger partial charge in [0.15, 0.2) is 5.58 Å². The average Bonchev–Trinajstić information content (AvgIpc) is 2.74. The average molecular weight is 272 g/mol. The second-order valence-corrected chi connectivity index (χ2v) is 4.32. The SMILES string of the molecule is CNc1ccc(-c2cc3oc(=O)n(C)c3cc2O)nn1. The molecular formula is C13H12N4O3. The number of hydrogen-bond donors (Lipinski definition) is 2. The molecule has 0 saturated heterocycles. The van der Waals surface area contributed by atoms with Gasteiger partial charge in [0.25, 0.3) is 0 Å². The van der Waals surface area contributed by atoms with Crippen LogP contribution in [0.5, 0.6) is 5.75 Å². The van der Waals surface area contributed by atoms with Crippen LogP contribution in [0.1, 0.15) is 0 Å². The van der Waals surface area contributed by atoms with Crippen LogP contribution in [-0.4, -0.2) is 26.9 Å². The zero-order chi connectivity index (χ0) is 14.3. The molecule has 0 unspecified atom stereocenters. The van der Waals surface area contributed by atoms with Gasteiger partial charge in [0.1, 0.15) is 11.6 Å². The van der Waals surface area contributed by atoms with Crippen molar-refractivity contribution in [3.05, 3.63) is 34.8 Å². The van der Waals surface area contributed by atoms with Crippen LogP contribution >= 0.6 is 0 Å². The number of hydrogen-bond acceptors (Lipinski definition) is 6. The van der Waals surface area contributed by atoms with Crippen LogP contribution in [0, 0.1) is 0 Å². The molecule has 0 aliphatic carbocycles. The van der Waals surface area contributed by atoms with E-state index in [9.17, 15) is 9.90 Å². The number of anilines is 1. The van der Waals surface area contributed by atoms with Crippen molar-refractivity contribution in [3.8, 4) is 17.0 Å². The normalized spacial score (nSPS) is 10.9. The van der Waals surface area contributed by atoms with E-state index in [0.717, 1.165) is 0 Å². The van der Waals surface area contributed by atoms with E-state index in [0.29, 0.717) is 28.2 Å². The van der Waals surface area contributed by atoms with Gasteiger partial charge in [-0.05, 0) is 18.2 Å². The number of benzene rings is 1. The molecule has 0 aliphatic heterocycles. The summed E-state index contributed by atoms with van der Waals surface area (Å²) >= 11 is 0. The number of aromatic hydroxyl groups is 1. The Kier molecular flexibility index (Phi) is 2.67. The molecule has 0 fully saturated rings. The molecule has 0 bridgehead atoms. The lowest BCUT2D eigenvalue weighted by molar-refractivity contribution is 0.477. The first-order valence-corrected chi connectivity index (χ1v) is 5.94. The van der Waals surface area contributed by atoms with E-state index in [1.54, 1.807) is 32.3 Å². The molecule has 7 heteroatoms. The van der Waals surface area contributed by atoms with Crippen molar-refractivity contribution < 1.29 is 9.52 Å². The number of oxazole rings is 1. The topological polar surface area (TPSA) is 93.2 Å². The van der Waals surface area contributed by atoms with Gasteiger partial charge in [-0.25, -0.2) is 4.79 Å². The Morgan fingerprint density at radius 1 is 1.30 bits per heavy atom. The number of aryl methyl sites for hydroxylation is 1. The number of aromatic nitrogens is 3. The van der Waals surface area contributed by atoms with Crippen molar-refractivity contribution in [1.29, 1.82) is 0 Å². The highest BCUT2D eigenvalue weighted by molar-refractivity contribution is 5.83. The van der Waals surface area contributed by atoms with Gasteiger partial charge in [0.05, 0.1) is 11.2 Å². The molecule has 3 rings (SSSR count). The third kappa shape index (κ3) is 1.80. The summed E-state index contributed by atoms with van der Waals surface area (Å²) in [5.41, 5.74) is 1.87. The number of rotatable bonds is 2. The highest BCUT2D eigenvalue weighted by Crippen LogP contribution is 2.31. The lowest BCUT2D eigenvalue weighted by atomic mass is 10.1. The van der Waals surface area contributed by atoms with E-state index in [2.05, 4.69) is 15.5 Å². The van der Waals surface area contributed by atoms with Gasteiger partial charge in [0, 0.05) is 25.7 Å². The van der Waals surface area contributed by atoms with Gasteiger partial charge in [-0.1, -0.05) is 0 Å². The summed E-state index contributed by atoms with van der Waals surface area (Å²) in [5, 5.41) is 20.9. The van der Waals surface area contributed by atoms with Gasteiger partial charge in [0.2, 0.25) is 0 Å². The number of nitrogens with zero attached hydrogens (tertiary/aromatic N) is 3. The summed E-state index contributed by atoms with van der Waals surface area (Å²) in [6.07, 6.45) is 0. The van der Waals surface area contributed by atoms with Gasteiger partial charge in [-0.15, -0.1) is 10.2 Å². The monoisotopic (exact) mass is 272 g/mol. The third-order valence-corrected chi connectivity index (χ3v) is 3.11. The maximum Gasteiger partial charge on any atom is 0.419 e. The van der Waals surface area contributed by atoms with Crippen molar-refractivity contribution in [2.75, 3.05) is 12.4 Å². The summed E-state index contributed by atoms with van der Waals surface area (Å²) in [6, 6.07) is 6.52. The van der Waals surface area contributed by atoms with Crippen molar-refractivity contribution in [2.45, 2.75) is 0 Å². The summed E-state index contributed by atoms with van der Waals surface area (Å²) in [6.45, 7) is 0. The van der Waals surface area contributed by atoms with Crippen LogP contribution in [0.3, 0.4) is 0 Å². The second kappa shape index (κ2) is 4.37. The van der Waals surface area contributed by atoms with Gasteiger partial charge >= 0.3 is 5.76 Å². The first-order valence-electron chi connectivity index (χ1n) is 5.94. The molecule has 1 aromatic carbocycles. The predicted molar refractivity (Wildman–Crippen MR) is 73.7 cm³/mol. The van der Waals surface area contributed by atoms with E-state index >= 15 is 0 Å². The fourth-order valence-corrected chi connectivity index (χ4v) is 1.98. The fourth-order valence-electron chi connectivity index (χ4n) is 1.98. The molecule has 2 aromatic heterocycles. The largest absolute Gasteiger partial charge is 0.507 e. The van der Waals surface area contributed by atoms with Crippen LogP contribution in [0.25, 0.3) is 22.4 Å². The number of fused-ring (bicyclic) bond motifs is 1.